The van der Waals surface area contributed by atoms with E-state index in [2.05, 4.69) is 5.32 Å². The van der Waals surface area contributed by atoms with E-state index < -0.39 is 0 Å². The van der Waals surface area contributed by atoms with Crippen molar-refractivity contribution >= 4 is 12.0 Å². The van der Waals surface area contributed by atoms with Crippen LogP contribution >= 0.6 is 0 Å². The topological polar surface area (TPSA) is 32.3 Å². The van der Waals surface area contributed by atoms with Crippen molar-refractivity contribution in [2.75, 3.05) is 26.7 Å². The Morgan fingerprint density at radius 3 is 2.90 bits per heavy atom. The molecule has 0 spiro atoms. The lowest BCUT2D eigenvalue weighted by Gasteiger charge is -2.32. The van der Waals surface area contributed by atoms with Gasteiger partial charge in [0, 0.05) is 19.2 Å². The third-order valence-electron chi connectivity index (χ3n) is 3.61. The van der Waals surface area contributed by atoms with Gasteiger partial charge in [-0.25, -0.2) is 4.39 Å². The number of likely N-dealkylation sites (tertiary alicyclic amines) is 1. The first-order valence-electron chi connectivity index (χ1n) is 7.06. The average molecular weight is 276 g/mol. The number of halogens is 1. The molecule has 0 bridgehead atoms. The van der Waals surface area contributed by atoms with Crippen molar-refractivity contribution in [3.8, 4) is 0 Å². The summed E-state index contributed by atoms with van der Waals surface area (Å²) in [5.74, 6) is 0.312. The normalized spacial score (nSPS) is 19.5. The van der Waals surface area contributed by atoms with Crippen LogP contribution in [0.4, 0.5) is 4.39 Å². The van der Waals surface area contributed by atoms with E-state index in [4.69, 9.17) is 0 Å². The molecular weight excluding hydrogens is 255 g/mol. The molecule has 1 saturated heterocycles. The van der Waals surface area contributed by atoms with Crippen molar-refractivity contribution in [2.24, 2.45) is 5.92 Å². The van der Waals surface area contributed by atoms with E-state index in [1.165, 1.54) is 18.6 Å². The van der Waals surface area contributed by atoms with Crippen LogP contribution in [0.5, 0.6) is 0 Å². The molecule has 108 valence electrons. The van der Waals surface area contributed by atoms with Gasteiger partial charge in [0.25, 0.3) is 0 Å². The highest BCUT2D eigenvalue weighted by molar-refractivity contribution is 5.91. The molecule has 1 aromatic rings. The molecule has 1 heterocycles. The Labute approximate surface area is 119 Å². The standard InChI is InChI=1S/C16H21FN2O/c1-18-11-14-3-2-10-19(12-14)16(20)9-6-13-4-7-15(17)8-5-13/h4-9,14,18H,2-3,10-12H2,1H3/b9-6-/t14-/m0/s1. The van der Waals surface area contributed by atoms with Gasteiger partial charge in [-0.15, -0.1) is 0 Å². The van der Waals surface area contributed by atoms with Crippen molar-refractivity contribution in [1.29, 1.82) is 0 Å². The highest BCUT2D eigenvalue weighted by Gasteiger charge is 2.21. The van der Waals surface area contributed by atoms with E-state index in [1.807, 2.05) is 11.9 Å². The van der Waals surface area contributed by atoms with Gasteiger partial charge < -0.3 is 10.2 Å². The lowest BCUT2D eigenvalue weighted by atomic mass is 9.98. The molecule has 1 fully saturated rings. The zero-order valence-corrected chi connectivity index (χ0v) is 11.8. The summed E-state index contributed by atoms with van der Waals surface area (Å²) in [6.45, 7) is 2.59. The monoisotopic (exact) mass is 276 g/mol. The summed E-state index contributed by atoms with van der Waals surface area (Å²) in [5, 5.41) is 3.17. The third-order valence-corrected chi connectivity index (χ3v) is 3.61. The van der Waals surface area contributed by atoms with Crippen LogP contribution in [0.1, 0.15) is 18.4 Å². The minimum Gasteiger partial charge on any atom is -0.339 e. The quantitative estimate of drug-likeness (QED) is 0.856. The number of nitrogens with zero attached hydrogens (tertiary/aromatic N) is 1. The summed E-state index contributed by atoms with van der Waals surface area (Å²) in [5.41, 5.74) is 0.837. The van der Waals surface area contributed by atoms with Crippen molar-refractivity contribution in [2.45, 2.75) is 12.8 Å². The molecule has 4 heteroatoms. The number of nitrogens with one attached hydrogen (secondary N) is 1. The Balaban J connectivity index is 1.92. The first kappa shape index (κ1) is 14.7. The van der Waals surface area contributed by atoms with Gasteiger partial charge in [-0.05, 0) is 56.1 Å². The lowest BCUT2D eigenvalue weighted by Crippen LogP contribution is -2.41. The van der Waals surface area contributed by atoms with Gasteiger partial charge in [-0.1, -0.05) is 12.1 Å². The Kier molecular flexibility index (Phi) is 5.30. The molecule has 1 amide bonds. The van der Waals surface area contributed by atoms with Gasteiger partial charge in [-0.3, -0.25) is 4.79 Å². The summed E-state index contributed by atoms with van der Waals surface area (Å²) in [4.78, 5) is 14.0. The number of carbonyl (C=O) groups is 1. The van der Waals surface area contributed by atoms with Gasteiger partial charge in [-0.2, -0.15) is 0 Å². The second kappa shape index (κ2) is 7.20. The van der Waals surface area contributed by atoms with Crippen molar-refractivity contribution in [3.63, 3.8) is 0 Å². The Hall–Kier alpha value is -1.68. The first-order chi connectivity index (χ1) is 9.69. The molecule has 1 aliphatic rings. The van der Waals surface area contributed by atoms with Crippen LogP contribution in [0.3, 0.4) is 0 Å². The van der Waals surface area contributed by atoms with E-state index >= 15 is 0 Å². The van der Waals surface area contributed by atoms with Crippen LogP contribution in [-0.2, 0) is 4.79 Å². The predicted molar refractivity (Wildman–Crippen MR) is 78.7 cm³/mol. The molecular formula is C16H21FN2O. The van der Waals surface area contributed by atoms with E-state index in [0.717, 1.165) is 31.6 Å². The smallest absolute Gasteiger partial charge is 0.246 e. The second-order valence-corrected chi connectivity index (χ2v) is 5.24. The van der Waals surface area contributed by atoms with Crippen LogP contribution in [0.15, 0.2) is 30.3 Å². The fourth-order valence-electron chi connectivity index (χ4n) is 2.57. The molecule has 0 aliphatic carbocycles. The maximum Gasteiger partial charge on any atom is 0.246 e. The van der Waals surface area contributed by atoms with Crippen LogP contribution in [0, 0.1) is 11.7 Å². The Bertz CT molecular complexity index is 468. The zero-order valence-electron chi connectivity index (χ0n) is 11.8. The molecule has 1 aliphatic heterocycles. The number of hydrogen-bond acceptors (Lipinski definition) is 2. The van der Waals surface area contributed by atoms with Crippen LogP contribution in [0.2, 0.25) is 0 Å². The second-order valence-electron chi connectivity index (χ2n) is 5.24. The fourth-order valence-corrected chi connectivity index (χ4v) is 2.57. The van der Waals surface area contributed by atoms with E-state index in [9.17, 15) is 9.18 Å². The number of benzene rings is 1. The molecule has 0 unspecified atom stereocenters. The molecule has 0 radical (unpaired) electrons. The van der Waals surface area contributed by atoms with Gasteiger partial charge in [0.2, 0.25) is 5.91 Å². The maximum atomic E-state index is 12.8. The predicted octanol–water partition coefficient (Wildman–Crippen LogP) is 2.30. The van der Waals surface area contributed by atoms with Crippen LogP contribution in [-0.4, -0.2) is 37.5 Å². The summed E-state index contributed by atoms with van der Waals surface area (Å²) < 4.78 is 12.8. The number of hydrogen-bond donors (Lipinski definition) is 1. The fraction of sp³-hybridized carbons (Fsp3) is 0.438. The van der Waals surface area contributed by atoms with Gasteiger partial charge in [0.05, 0.1) is 0 Å². The largest absolute Gasteiger partial charge is 0.339 e. The summed E-state index contributed by atoms with van der Waals surface area (Å²) in [7, 11) is 1.94. The zero-order chi connectivity index (χ0) is 14.4. The van der Waals surface area contributed by atoms with E-state index in [1.54, 1.807) is 24.3 Å². The number of carbonyl (C=O) groups excluding carboxylic acids is 1. The summed E-state index contributed by atoms with van der Waals surface area (Å²) in [6.07, 6.45) is 5.55. The van der Waals surface area contributed by atoms with Crippen molar-refractivity contribution in [1.82, 2.24) is 10.2 Å². The van der Waals surface area contributed by atoms with E-state index in [0.29, 0.717) is 5.92 Å². The SMILES string of the molecule is CNC[C@@H]1CCCN(C(=O)/C=C\c2ccc(F)cc2)C1. The van der Waals surface area contributed by atoms with Crippen LogP contribution in [0.25, 0.3) is 6.08 Å². The minimum absolute atomic E-state index is 0.0372. The minimum atomic E-state index is -0.264. The van der Waals surface area contributed by atoms with Gasteiger partial charge >= 0.3 is 0 Å². The maximum absolute atomic E-state index is 12.8. The number of rotatable bonds is 4. The Morgan fingerprint density at radius 1 is 1.45 bits per heavy atom. The van der Waals surface area contributed by atoms with Gasteiger partial charge in [0.1, 0.15) is 5.82 Å². The highest BCUT2D eigenvalue weighted by Crippen LogP contribution is 2.16. The molecule has 0 aromatic heterocycles. The highest BCUT2D eigenvalue weighted by atomic mass is 19.1. The third kappa shape index (κ3) is 4.17. The molecule has 1 N–H and O–H groups in total. The Morgan fingerprint density at radius 2 is 2.20 bits per heavy atom. The number of piperidine rings is 1. The molecule has 20 heavy (non-hydrogen) atoms. The van der Waals surface area contributed by atoms with Gasteiger partial charge in [0.15, 0.2) is 0 Å². The molecule has 1 aromatic carbocycles. The van der Waals surface area contributed by atoms with Crippen molar-refractivity contribution in [3.05, 3.63) is 41.7 Å². The first-order valence-corrected chi connectivity index (χ1v) is 7.06. The van der Waals surface area contributed by atoms with E-state index in [-0.39, 0.29) is 11.7 Å². The summed E-state index contributed by atoms with van der Waals surface area (Å²) >= 11 is 0. The molecule has 1 atom stereocenters. The lowest BCUT2D eigenvalue weighted by molar-refractivity contribution is -0.127. The molecule has 3 nitrogen and oxygen atoms in total. The molecule has 2 rings (SSSR count). The number of amides is 1. The van der Waals surface area contributed by atoms with Crippen molar-refractivity contribution < 1.29 is 9.18 Å². The average Bonchev–Trinajstić information content (AvgIpc) is 2.47. The molecule has 0 saturated carbocycles. The summed E-state index contributed by atoms with van der Waals surface area (Å²) in [6, 6.07) is 6.13. The van der Waals surface area contributed by atoms with Crippen LogP contribution < -0.4 is 5.32 Å².